The van der Waals surface area contributed by atoms with Crippen molar-refractivity contribution in [2.75, 3.05) is 13.1 Å². The van der Waals surface area contributed by atoms with Crippen LogP contribution in [0.1, 0.15) is 5.56 Å². The summed E-state index contributed by atoms with van der Waals surface area (Å²) in [5.41, 5.74) is 1.27. The topological polar surface area (TPSA) is 29.1 Å². The van der Waals surface area contributed by atoms with Gasteiger partial charge in [0.25, 0.3) is 0 Å². The van der Waals surface area contributed by atoms with Crippen LogP contribution in [0.25, 0.3) is 0 Å². The largest absolute Gasteiger partial charge is 0.310 e. The van der Waals surface area contributed by atoms with E-state index < -0.39 is 0 Å². The maximum atomic E-state index is 10.0. The monoisotopic (exact) mass is 241 g/mol. The molecule has 1 aromatic carbocycles. The number of halogens is 1. The Hall–Kier alpha value is -0.670. The molecule has 0 bridgehead atoms. The summed E-state index contributed by atoms with van der Waals surface area (Å²) in [4.78, 5) is 10.0. The van der Waals surface area contributed by atoms with E-state index in [1.54, 1.807) is 0 Å². The molecule has 0 amide bonds. The minimum atomic E-state index is 0.438. The molecular formula is C10H12BrNO. The van der Waals surface area contributed by atoms with Crippen molar-refractivity contribution in [2.24, 2.45) is 0 Å². The number of hydrogen-bond acceptors (Lipinski definition) is 2. The molecule has 2 nitrogen and oxygen atoms in total. The third-order valence-electron chi connectivity index (χ3n) is 1.71. The van der Waals surface area contributed by atoms with Crippen molar-refractivity contribution in [2.45, 2.75) is 6.42 Å². The number of carbonyl (C=O) groups excluding carboxylic acids is 1. The maximum Gasteiger partial charge on any atom is 0.133 e. The molecular weight excluding hydrogens is 230 g/mol. The van der Waals surface area contributed by atoms with E-state index in [1.807, 2.05) is 12.1 Å². The van der Waals surface area contributed by atoms with Gasteiger partial charge in [0.05, 0.1) is 6.54 Å². The van der Waals surface area contributed by atoms with Crippen LogP contribution in [-0.4, -0.2) is 19.4 Å². The van der Waals surface area contributed by atoms with Crippen LogP contribution in [0.4, 0.5) is 0 Å². The second kappa shape index (κ2) is 5.89. The number of benzene rings is 1. The zero-order valence-corrected chi connectivity index (χ0v) is 8.88. The molecule has 0 heterocycles. The molecule has 0 unspecified atom stereocenters. The minimum absolute atomic E-state index is 0.438. The molecule has 0 aliphatic heterocycles. The summed E-state index contributed by atoms with van der Waals surface area (Å²) in [7, 11) is 0. The van der Waals surface area contributed by atoms with E-state index in [0.717, 1.165) is 23.7 Å². The Kier molecular flexibility index (Phi) is 4.72. The quantitative estimate of drug-likeness (QED) is 0.629. The van der Waals surface area contributed by atoms with E-state index >= 15 is 0 Å². The lowest BCUT2D eigenvalue weighted by Gasteiger charge is -2.01. The molecule has 70 valence electrons. The predicted molar refractivity (Wildman–Crippen MR) is 56.8 cm³/mol. The van der Waals surface area contributed by atoms with Crippen LogP contribution in [0.15, 0.2) is 28.7 Å². The maximum absolute atomic E-state index is 10.0. The molecule has 0 spiro atoms. The lowest BCUT2D eigenvalue weighted by molar-refractivity contribution is -0.107. The normalized spacial score (nSPS) is 9.92. The van der Waals surface area contributed by atoms with Gasteiger partial charge < -0.3 is 10.1 Å². The lowest BCUT2D eigenvalue weighted by atomic mass is 10.1. The van der Waals surface area contributed by atoms with Gasteiger partial charge in [0, 0.05) is 4.47 Å². The molecule has 0 saturated carbocycles. The van der Waals surface area contributed by atoms with Crippen LogP contribution in [0, 0.1) is 0 Å². The van der Waals surface area contributed by atoms with Gasteiger partial charge in [0.1, 0.15) is 6.29 Å². The van der Waals surface area contributed by atoms with Crippen molar-refractivity contribution in [1.82, 2.24) is 5.32 Å². The van der Waals surface area contributed by atoms with Gasteiger partial charge in [-0.3, -0.25) is 0 Å². The molecule has 0 aliphatic carbocycles. The second-order valence-corrected chi connectivity index (χ2v) is 3.67. The lowest BCUT2D eigenvalue weighted by Crippen LogP contribution is -2.19. The van der Waals surface area contributed by atoms with Gasteiger partial charge in [0.2, 0.25) is 0 Å². The van der Waals surface area contributed by atoms with Gasteiger partial charge >= 0.3 is 0 Å². The molecule has 0 fully saturated rings. The van der Waals surface area contributed by atoms with Crippen LogP contribution in [0.5, 0.6) is 0 Å². The van der Waals surface area contributed by atoms with Crippen LogP contribution in [0.3, 0.4) is 0 Å². The zero-order chi connectivity index (χ0) is 9.52. The molecule has 1 aromatic rings. The number of hydrogen-bond donors (Lipinski definition) is 1. The van der Waals surface area contributed by atoms with Crippen molar-refractivity contribution >= 4 is 22.2 Å². The van der Waals surface area contributed by atoms with E-state index in [0.29, 0.717) is 6.54 Å². The van der Waals surface area contributed by atoms with Gasteiger partial charge in [-0.25, -0.2) is 0 Å². The first-order valence-electron chi connectivity index (χ1n) is 4.21. The molecule has 0 radical (unpaired) electrons. The number of aldehydes is 1. The van der Waals surface area contributed by atoms with Crippen LogP contribution in [0.2, 0.25) is 0 Å². The first kappa shape index (κ1) is 10.4. The first-order valence-corrected chi connectivity index (χ1v) is 5.01. The predicted octanol–water partition coefficient (Wildman–Crippen LogP) is 1.78. The highest BCUT2D eigenvalue weighted by Crippen LogP contribution is 2.11. The van der Waals surface area contributed by atoms with Crippen molar-refractivity contribution in [3.63, 3.8) is 0 Å². The zero-order valence-electron chi connectivity index (χ0n) is 7.29. The second-order valence-electron chi connectivity index (χ2n) is 2.75. The molecule has 3 heteroatoms. The van der Waals surface area contributed by atoms with E-state index in [4.69, 9.17) is 0 Å². The van der Waals surface area contributed by atoms with Gasteiger partial charge in [-0.15, -0.1) is 0 Å². The Labute approximate surface area is 86.5 Å². The molecule has 1 rings (SSSR count). The average Bonchev–Trinajstić information content (AvgIpc) is 2.13. The standard InChI is InChI=1S/C10H12BrNO/c11-10-3-1-2-9(8-10)4-5-12-6-7-13/h1-3,7-8,12H,4-6H2. The van der Waals surface area contributed by atoms with Gasteiger partial charge in [-0.1, -0.05) is 28.1 Å². The average molecular weight is 242 g/mol. The summed E-state index contributed by atoms with van der Waals surface area (Å²) in [6.45, 7) is 1.28. The molecule has 0 atom stereocenters. The van der Waals surface area contributed by atoms with E-state index in [9.17, 15) is 4.79 Å². The van der Waals surface area contributed by atoms with Gasteiger partial charge in [-0.2, -0.15) is 0 Å². The highest BCUT2D eigenvalue weighted by molar-refractivity contribution is 9.10. The summed E-state index contributed by atoms with van der Waals surface area (Å²) in [6, 6.07) is 8.18. The number of nitrogens with one attached hydrogen (secondary N) is 1. The first-order chi connectivity index (χ1) is 6.33. The Morgan fingerprint density at radius 1 is 1.46 bits per heavy atom. The molecule has 13 heavy (non-hydrogen) atoms. The summed E-state index contributed by atoms with van der Waals surface area (Å²) < 4.78 is 1.10. The molecule has 1 N–H and O–H groups in total. The Balaban J connectivity index is 2.32. The van der Waals surface area contributed by atoms with E-state index in [-0.39, 0.29) is 0 Å². The van der Waals surface area contributed by atoms with Crippen LogP contribution < -0.4 is 5.32 Å². The Morgan fingerprint density at radius 2 is 2.31 bits per heavy atom. The van der Waals surface area contributed by atoms with E-state index in [2.05, 4.69) is 33.4 Å². The molecule has 0 saturated heterocycles. The number of carbonyl (C=O) groups is 1. The van der Waals surface area contributed by atoms with Crippen molar-refractivity contribution in [1.29, 1.82) is 0 Å². The summed E-state index contributed by atoms with van der Waals surface area (Å²) in [5, 5.41) is 3.02. The van der Waals surface area contributed by atoms with Crippen molar-refractivity contribution in [3.8, 4) is 0 Å². The molecule has 0 aliphatic rings. The molecule has 0 aromatic heterocycles. The third-order valence-corrected chi connectivity index (χ3v) is 2.20. The highest BCUT2D eigenvalue weighted by Gasteiger charge is 1.92. The highest BCUT2D eigenvalue weighted by atomic mass is 79.9. The summed E-state index contributed by atoms with van der Waals surface area (Å²) in [5.74, 6) is 0. The smallest absolute Gasteiger partial charge is 0.133 e. The Bertz CT molecular complexity index is 275. The summed E-state index contributed by atoms with van der Waals surface area (Å²) >= 11 is 3.41. The minimum Gasteiger partial charge on any atom is -0.310 e. The van der Waals surface area contributed by atoms with Crippen molar-refractivity contribution in [3.05, 3.63) is 34.3 Å². The fraction of sp³-hybridized carbons (Fsp3) is 0.300. The SMILES string of the molecule is O=CCNCCc1cccc(Br)c1. The summed E-state index contributed by atoms with van der Waals surface area (Å²) in [6.07, 6.45) is 1.83. The fourth-order valence-corrected chi connectivity index (χ4v) is 1.53. The van der Waals surface area contributed by atoms with Gasteiger partial charge in [-0.05, 0) is 30.7 Å². The van der Waals surface area contributed by atoms with Crippen LogP contribution >= 0.6 is 15.9 Å². The van der Waals surface area contributed by atoms with E-state index in [1.165, 1.54) is 5.56 Å². The third kappa shape index (κ3) is 4.20. The van der Waals surface area contributed by atoms with Crippen molar-refractivity contribution < 1.29 is 4.79 Å². The van der Waals surface area contributed by atoms with Gasteiger partial charge in [0.15, 0.2) is 0 Å². The fourth-order valence-electron chi connectivity index (χ4n) is 1.09. The Morgan fingerprint density at radius 3 is 3.00 bits per heavy atom. The number of rotatable bonds is 5. The van der Waals surface area contributed by atoms with Crippen LogP contribution in [-0.2, 0) is 11.2 Å².